The lowest BCUT2D eigenvalue weighted by molar-refractivity contribution is -0.137. The molecule has 0 aliphatic rings. The van der Waals surface area contributed by atoms with Crippen molar-refractivity contribution in [2.45, 2.75) is 12.7 Å². The van der Waals surface area contributed by atoms with Crippen molar-refractivity contribution in [3.05, 3.63) is 65.0 Å². The molecule has 0 unspecified atom stereocenters. The largest absolute Gasteiger partial charge is 0.418 e. The first-order valence-corrected chi connectivity index (χ1v) is 9.23. The van der Waals surface area contributed by atoms with Crippen LogP contribution < -0.4 is 15.6 Å². The predicted octanol–water partition coefficient (Wildman–Crippen LogP) is 2.41. The molecule has 2 rings (SSSR count). The molecule has 0 aliphatic heterocycles. The molecule has 2 aromatic rings. The lowest BCUT2D eigenvalue weighted by Crippen LogP contribution is -2.32. The monoisotopic (exact) mass is 405 g/mol. The second kappa shape index (κ2) is 7.53. The number of rotatable bonds is 5. The van der Waals surface area contributed by atoms with E-state index >= 15 is 0 Å². The van der Waals surface area contributed by atoms with Gasteiger partial charge in [-0.15, -0.1) is 0 Å². The Labute approximate surface area is 152 Å². The molecular formula is C16H15F4N3O3S. The van der Waals surface area contributed by atoms with Crippen LogP contribution in [-0.4, -0.2) is 20.6 Å². The van der Waals surface area contributed by atoms with Crippen molar-refractivity contribution in [2.75, 3.05) is 10.6 Å². The Morgan fingerprint density at radius 2 is 1.81 bits per heavy atom. The molecule has 0 saturated heterocycles. The summed E-state index contributed by atoms with van der Waals surface area (Å²) in [5.41, 5.74) is -0.336. The molecule has 0 atom stereocenters. The molecule has 0 aromatic heterocycles. The maximum absolute atomic E-state index is 14.3. The molecule has 3 N–H and O–H groups in total. The Balaban J connectivity index is 2.52. The number of nitrogen functional groups attached to an aromatic ring is 1. The van der Waals surface area contributed by atoms with Crippen molar-refractivity contribution < 1.29 is 30.8 Å². The minimum absolute atomic E-state index is 0.125. The van der Waals surface area contributed by atoms with Gasteiger partial charge in [-0.05, 0) is 24.3 Å². The Morgan fingerprint density at radius 1 is 1.19 bits per heavy atom. The van der Waals surface area contributed by atoms with Crippen LogP contribution in [0.4, 0.5) is 23.2 Å². The van der Waals surface area contributed by atoms with Crippen LogP contribution in [0.5, 0.6) is 0 Å². The molecule has 1 amide bonds. The second-order valence-electron chi connectivity index (χ2n) is 5.56. The summed E-state index contributed by atoms with van der Waals surface area (Å²) in [6.07, 6.45) is -4.09. The zero-order valence-corrected chi connectivity index (χ0v) is 14.7. The number of hydrazine groups is 1. The maximum atomic E-state index is 14.3. The summed E-state index contributed by atoms with van der Waals surface area (Å²) in [7, 11) is -4.18. The highest BCUT2D eigenvalue weighted by Gasteiger charge is 2.36. The zero-order chi connectivity index (χ0) is 20.4. The molecular weight excluding hydrogens is 390 g/mol. The van der Waals surface area contributed by atoms with Gasteiger partial charge >= 0.3 is 6.18 Å². The number of nitrogens with one attached hydrogen (secondary N) is 1. The van der Waals surface area contributed by atoms with Crippen LogP contribution in [0.3, 0.4) is 0 Å². The third kappa shape index (κ3) is 4.74. The molecule has 0 saturated carbocycles. The van der Waals surface area contributed by atoms with E-state index in [0.717, 1.165) is 30.3 Å². The summed E-state index contributed by atoms with van der Waals surface area (Å²) < 4.78 is 78.7. The molecule has 0 fully saturated rings. The topological polar surface area (TPSA) is 92.5 Å². The highest BCUT2D eigenvalue weighted by Crippen LogP contribution is 2.37. The van der Waals surface area contributed by atoms with Gasteiger partial charge in [0.2, 0.25) is 10.0 Å². The number of nitrogens with zero attached hydrogens (tertiary/aromatic N) is 1. The first kappa shape index (κ1) is 20.6. The van der Waals surface area contributed by atoms with E-state index < -0.39 is 45.7 Å². The molecule has 0 aliphatic carbocycles. The Hall–Kier alpha value is -2.66. The van der Waals surface area contributed by atoms with Gasteiger partial charge in [0, 0.05) is 11.1 Å². The molecule has 0 spiro atoms. The van der Waals surface area contributed by atoms with Gasteiger partial charge in [0.05, 0.1) is 24.1 Å². The molecule has 27 heavy (non-hydrogen) atoms. The van der Waals surface area contributed by atoms with E-state index in [2.05, 4.69) is 0 Å². The van der Waals surface area contributed by atoms with Gasteiger partial charge in [0.1, 0.15) is 5.82 Å². The van der Waals surface area contributed by atoms with Crippen molar-refractivity contribution in [3.63, 3.8) is 0 Å². The lowest BCUT2D eigenvalue weighted by Gasteiger charge is -2.26. The fourth-order valence-electron chi connectivity index (χ4n) is 2.37. The SMILES string of the molecule is CS(=O)(=O)N(Cc1ccc(C(=O)NN)cc1F)c1ccccc1C(F)(F)F. The minimum Gasteiger partial charge on any atom is -0.290 e. The quantitative estimate of drug-likeness (QED) is 0.346. The fraction of sp³-hybridized carbons (Fsp3) is 0.188. The number of amides is 1. The number of carbonyl (C=O) groups excluding carboxylic acids is 1. The predicted molar refractivity (Wildman–Crippen MR) is 90.5 cm³/mol. The number of sulfonamides is 1. The summed E-state index contributed by atoms with van der Waals surface area (Å²) in [5, 5.41) is 0. The summed E-state index contributed by atoms with van der Waals surface area (Å²) in [6.45, 7) is -0.692. The number of alkyl halides is 3. The van der Waals surface area contributed by atoms with Gasteiger partial charge in [-0.25, -0.2) is 18.7 Å². The van der Waals surface area contributed by atoms with Gasteiger partial charge < -0.3 is 0 Å². The van der Waals surface area contributed by atoms with E-state index in [4.69, 9.17) is 5.84 Å². The smallest absolute Gasteiger partial charge is 0.290 e. The zero-order valence-electron chi connectivity index (χ0n) is 13.9. The number of hydrogen-bond acceptors (Lipinski definition) is 4. The highest BCUT2D eigenvalue weighted by atomic mass is 32.2. The van der Waals surface area contributed by atoms with Crippen LogP contribution in [0.15, 0.2) is 42.5 Å². The molecule has 2 aromatic carbocycles. The molecule has 0 radical (unpaired) electrons. The Kier molecular flexibility index (Phi) is 5.76. The third-order valence-corrected chi connectivity index (χ3v) is 4.77. The van der Waals surface area contributed by atoms with Gasteiger partial charge in [0.15, 0.2) is 0 Å². The normalized spacial score (nSPS) is 11.9. The number of nitrogens with two attached hydrogens (primary N) is 1. The summed E-state index contributed by atoms with van der Waals surface area (Å²) in [6, 6.07) is 7.18. The molecule has 11 heteroatoms. The van der Waals surface area contributed by atoms with Crippen molar-refractivity contribution in [1.82, 2.24) is 5.43 Å². The standard InChI is InChI=1S/C16H15F4N3O3S/c1-27(25,26)23(14-5-3-2-4-12(14)16(18,19)20)9-11-7-6-10(8-13(11)17)15(24)22-21/h2-8H,9,21H2,1H3,(H,22,24). The number of carbonyl (C=O) groups is 1. The molecule has 0 heterocycles. The van der Waals surface area contributed by atoms with E-state index in [-0.39, 0.29) is 11.1 Å². The molecule has 0 bridgehead atoms. The van der Waals surface area contributed by atoms with Gasteiger partial charge in [0.25, 0.3) is 5.91 Å². The molecule has 146 valence electrons. The Bertz CT molecular complexity index is 962. The maximum Gasteiger partial charge on any atom is 0.418 e. The van der Waals surface area contributed by atoms with Crippen molar-refractivity contribution in [3.8, 4) is 0 Å². The number of halogens is 4. The minimum atomic E-state index is -4.80. The van der Waals surface area contributed by atoms with E-state index in [9.17, 15) is 30.8 Å². The van der Waals surface area contributed by atoms with Gasteiger partial charge in [-0.3, -0.25) is 14.5 Å². The van der Waals surface area contributed by atoms with Crippen LogP contribution in [-0.2, 0) is 22.7 Å². The average molecular weight is 405 g/mol. The van der Waals surface area contributed by atoms with E-state index in [1.807, 2.05) is 0 Å². The van der Waals surface area contributed by atoms with Crippen LogP contribution in [0.1, 0.15) is 21.5 Å². The van der Waals surface area contributed by atoms with E-state index in [1.165, 1.54) is 12.1 Å². The lowest BCUT2D eigenvalue weighted by atomic mass is 10.1. The number of hydrogen-bond donors (Lipinski definition) is 2. The summed E-state index contributed by atoms with van der Waals surface area (Å²) >= 11 is 0. The van der Waals surface area contributed by atoms with Crippen molar-refractivity contribution in [1.29, 1.82) is 0 Å². The van der Waals surface area contributed by atoms with Crippen LogP contribution >= 0.6 is 0 Å². The van der Waals surface area contributed by atoms with Crippen LogP contribution in [0.25, 0.3) is 0 Å². The molecule has 6 nitrogen and oxygen atoms in total. The van der Waals surface area contributed by atoms with E-state index in [0.29, 0.717) is 10.6 Å². The number of anilines is 1. The van der Waals surface area contributed by atoms with Gasteiger partial charge in [-0.2, -0.15) is 13.2 Å². The Morgan fingerprint density at radius 3 is 2.33 bits per heavy atom. The third-order valence-electron chi connectivity index (χ3n) is 3.64. The van der Waals surface area contributed by atoms with Gasteiger partial charge in [-0.1, -0.05) is 18.2 Å². The van der Waals surface area contributed by atoms with Crippen molar-refractivity contribution in [2.24, 2.45) is 5.84 Å². The first-order valence-electron chi connectivity index (χ1n) is 7.38. The number of benzene rings is 2. The van der Waals surface area contributed by atoms with Crippen LogP contribution in [0.2, 0.25) is 0 Å². The number of para-hydroxylation sites is 1. The van der Waals surface area contributed by atoms with Crippen molar-refractivity contribution >= 4 is 21.6 Å². The first-order chi connectivity index (χ1) is 12.4. The second-order valence-corrected chi connectivity index (χ2v) is 7.47. The van der Waals surface area contributed by atoms with Crippen LogP contribution in [0, 0.1) is 5.82 Å². The highest BCUT2D eigenvalue weighted by molar-refractivity contribution is 7.92. The summed E-state index contributed by atoms with van der Waals surface area (Å²) in [4.78, 5) is 11.4. The summed E-state index contributed by atoms with van der Waals surface area (Å²) in [5.74, 6) is 3.21. The fourth-order valence-corrected chi connectivity index (χ4v) is 3.26. The average Bonchev–Trinajstić information content (AvgIpc) is 2.58. The van der Waals surface area contributed by atoms with E-state index in [1.54, 1.807) is 5.43 Å².